The minimum absolute atomic E-state index is 0.0511. The van der Waals surface area contributed by atoms with Crippen molar-refractivity contribution in [3.05, 3.63) is 46.5 Å². The predicted octanol–water partition coefficient (Wildman–Crippen LogP) is 3.15. The fourth-order valence-electron chi connectivity index (χ4n) is 2.33. The van der Waals surface area contributed by atoms with E-state index in [2.05, 4.69) is 4.98 Å². The average Bonchev–Trinajstić information content (AvgIpc) is 2.97. The Morgan fingerprint density at radius 1 is 1.44 bits per heavy atom. The van der Waals surface area contributed by atoms with Crippen LogP contribution in [-0.2, 0) is 4.79 Å². The van der Waals surface area contributed by atoms with Gasteiger partial charge >= 0.3 is 0 Å². The van der Waals surface area contributed by atoms with E-state index in [0.717, 1.165) is 5.56 Å². The molecule has 3 nitrogen and oxygen atoms in total. The van der Waals surface area contributed by atoms with Crippen LogP contribution in [-0.4, -0.2) is 10.9 Å². The molecular formula is C13H11FN2OS. The molecule has 1 fully saturated rings. The summed E-state index contributed by atoms with van der Waals surface area (Å²) in [4.78, 5) is 17.8. The van der Waals surface area contributed by atoms with Gasteiger partial charge in [-0.25, -0.2) is 9.37 Å². The van der Waals surface area contributed by atoms with Crippen LogP contribution in [0.3, 0.4) is 0 Å². The van der Waals surface area contributed by atoms with Crippen LogP contribution >= 0.6 is 11.3 Å². The number of carbonyl (C=O) groups excluding carboxylic acids is 1. The number of amides is 1. The first-order valence-corrected chi connectivity index (χ1v) is 6.66. The molecule has 1 atom stereocenters. The minimum atomic E-state index is -0.273. The Bertz CT molecular complexity index is 570. The molecule has 0 spiro atoms. The van der Waals surface area contributed by atoms with Crippen molar-refractivity contribution < 1.29 is 9.18 Å². The molecular weight excluding hydrogens is 251 g/mol. The lowest BCUT2D eigenvalue weighted by atomic mass is 10.0. The third kappa shape index (κ3) is 1.90. The number of rotatable bonds is 2. The van der Waals surface area contributed by atoms with Gasteiger partial charge in [0.25, 0.3) is 0 Å². The van der Waals surface area contributed by atoms with Gasteiger partial charge in [-0.3, -0.25) is 9.69 Å². The molecule has 0 radical (unpaired) electrons. The molecule has 18 heavy (non-hydrogen) atoms. The molecule has 1 aromatic carbocycles. The maximum atomic E-state index is 13.3. The third-order valence-electron chi connectivity index (χ3n) is 3.11. The molecule has 5 heteroatoms. The highest BCUT2D eigenvalue weighted by molar-refractivity contribution is 7.07. The van der Waals surface area contributed by atoms with E-state index in [0.29, 0.717) is 18.7 Å². The number of halogens is 1. The molecule has 1 amide bonds. The number of thiazole rings is 1. The Morgan fingerprint density at radius 3 is 3.06 bits per heavy atom. The zero-order valence-electron chi connectivity index (χ0n) is 9.54. The van der Waals surface area contributed by atoms with Crippen LogP contribution in [0, 0.1) is 5.82 Å². The standard InChI is InChI=1S/C13H11FN2OS/c14-10-3-1-2-9(6-10)11-4-5-13(17)16(11)12-7-18-8-15-12/h1-3,6-8,11H,4-5H2. The maximum Gasteiger partial charge on any atom is 0.228 e. The lowest BCUT2D eigenvalue weighted by Gasteiger charge is -2.22. The zero-order chi connectivity index (χ0) is 12.5. The van der Waals surface area contributed by atoms with Gasteiger partial charge in [-0.1, -0.05) is 12.1 Å². The SMILES string of the molecule is O=C1CCC(c2cccc(F)c2)N1c1cscn1. The molecule has 3 rings (SSSR count). The summed E-state index contributed by atoms with van der Waals surface area (Å²) >= 11 is 1.45. The summed E-state index contributed by atoms with van der Waals surface area (Å²) in [5.74, 6) is 0.442. The van der Waals surface area contributed by atoms with Crippen LogP contribution < -0.4 is 4.90 Å². The van der Waals surface area contributed by atoms with Crippen LogP contribution in [0.15, 0.2) is 35.2 Å². The Kier molecular flexibility index (Phi) is 2.83. The number of carbonyl (C=O) groups is 1. The molecule has 0 aliphatic carbocycles. The fourth-order valence-corrected chi connectivity index (χ4v) is 2.85. The van der Waals surface area contributed by atoms with Gasteiger partial charge < -0.3 is 0 Å². The second kappa shape index (κ2) is 4.49. The van der Waals surface area contributed by atoms with Crippen molar-refractivity contribution in [3.8, 4) is 0 Å². The van der Waals surface area contributed by atoms with E-state index in [1.807, 2.05) is 11.4 Å². The Labute approximate surface area is 108 Å². The Morgan fingerprint density at radius 2 is 2.33 bits per heavy atom. The monoisotopic (exact) mass is 262 g/mol. The number of nitrogens with zero attached hydrogens (tertiary/aromatic N) is 2. The van der Waals surface area contributed by atoms with Crippen LogP contribution in [0.25, 0.3) is 0 Å². The summed E-state index contributed by atoms with van der Waals surface area (Å²) in [7, 11) is 0. The highest BCUT2D eigenvalue weighted by Crippen LogP contribution is 2.36. The lowest BCUT2D eigenvalue weighted by molar-refractivity contribution is -0.117. The molecule has 2 heterocycles. The number of hydrogen-bond acceptors (Lipinski definition) is 3. The summed E-state index contributed by atoms with van der Waals surface area (Å²) in [6.45, 7) is 0. The molecule has 92 valence electrons. The first kappa shape index (κ1) is 11.3. The Balaban J connectivity index is 1.99. The summed E-state index contributed by atoms with van der Waals surface area (Å²) in [5, 5.41) is 1.84. The van der Waals surface area contributed by atoms with Crippen LogP contribution in [0.4, 0.5) is 10.2 Å². The second-order valence-electron chi connectivity index (χ2n) is 4.22. The van der Waals surface area contributed by atoms with Gasteiger partial charge in [0.1, 0.15) is 11.6 Å². The van der Waals surface area contributed by atoms with E-state index in [1.54, 1.807) is 16.5 Å². The Hall–Kier alpha value is -1.75. The topological polar surface area (TPSA) is 33.2 Å². The van der Waals surface area contributed by atoms with Crippen molar-refractivity contribution in [2.24, 2.45) is 0 Å². The molecule has 1 unspecified atom stereocenters. The predicted molar refractivity (Wildman–Crippen MR) is 68.0 cm³/mol. The first-order valence-electron chi connectivity index (χ1n) is 5.71. The summed E-state index contributed by atoms with van der Waals surface area (Å²) in [6, 6.07) is 6.32. The lowest BCUT2D eigenvalue weighted by Crippen LogP contribution is -2.27. The molecule has 0 saturated carbocycles. The molecule has 1 aliphatic rings. The molecule has 2 aromatic rings. The van der Waals surface area contributed by atoms with Gasteiger partial charge in [-0.15, -0.1) is 11.3 Å². The number of anilines is 1. The van der Waals surface area contributed by atoms with Gasteiger partial charge in [0, 0.05) is 11.8 Å². The van der Waals surface area contributed by atoms with Crippen molar-refractivity contribution >= 4 is 23.1 Å². The molecule has 0 N–H and O–H groups in total. The largest absolute Gasteiger partial charge is 0.288 e. The molecule has 0 bridgehead atoms. The zero-order valence-corrected chi connectivity index (χ0v) is 10.4. The van der Waals surface area contributed by atoms with Crippen molar-refractivity contribution in [2.75, 3.05) is 4.90 Å². The molecule has 1 aromatic heterocycles. The summed E-state index contributed by atoms with van der Waals surface area (Å²) in [6.07, 6.45) is 1.19. The van der Waals surface area contributed by atoms with E-state index in [-0.39, 0.29) is 17.8 Å². The second-order valence-corrected chi connectivity index (χ2v) is 4.94. The van der Waals surface area contributed by atoms with Gasteiger partial charge in [-0.05, 0) is 24.1 Å². The van der Waals surface area contributed by atoms with Crippen molar-refractivity contribution in [1.82, 2.24) is 4.98 Å². The highest BCUT2D eigenvalue weighted by Gasteiger charge is 2.34. The van der Waals surface area contributed by atoms with Crippen molar-refractivity contribution in [2.45, 2.75) is 18.9 Å². The van der Waals surface area contributed by atoms with E-state index in [9.17, 15) is 9.18 Å². The van der Waals surface area contributed by atoms with Crippen LogP contribution in [0.2, 0.25) is 0 Å². The number of benzene rings is 1. The first-order chi connectivity index (χ1) is 8.75. The van der Waals surface area contributed by atoms with Crippen molar-refractivity contribution in [3.63, 3.8) is 0 Å². The van der Waals surface area contributed by atoms with Crippen LogP contribution in [0.5, 0.6) is 0 Å². The number of aromatic nitrogens is 1. The maximum absolute atomic E-state index is 13.3. The number of hydrogen-bond donors (Lipinski definition) is 0. The van der Waals surface area contributed by atoms with E-state index >= 15 is 0 Å². The fraction of sp³-hybridized carbons (Fsp3) is 0.231. The quantitative estimate of drug-likeness (QED) is 0.833. The molecule has 1 aliphatic heterocycles. The van der Waals surface area contributed by atoms with E-state index < -0.39 is 0 Å². The minimum Gasteiger partial charge on any atom is -0.288 e. The van der Waals surface area contributed by atoms with Gasteiger partial charge in [-0.2, -0.15) is 0 Å². The van der Waals surface area contributed by atoms with Crippen molar-refractivity contribution in [1.29, 1.82) is 0 Å². The smallest absolute Gasteiger partial charge is 0.228 e. The highest BCUT2D eigenvalue weighted by atomic mass is 32.1. The van der Waals surface area contributed by atoms with Gasteiger partial charge in [0.15, 0.2) is 0 Å². The average molecular weight is 262 g/mol. The van der Waals surface area contributed by atoms with E-state index in [4.69, 9.17) is 0 Å². The van der Waals surface area contributed by atoms with Crippen LogP contribution in [0.1, 0.15) is 24.4 Å². The summed E-state index contributed by atoms with van der Waals surface area (Å²) in [5.41, 5.74) is 2.53. The van der Waals surface area contributed by atoms with Gasteiger partial charge in [0.05, 0.1) is 11.6 Å². The third-order valence-corrected chi connectivity index (χ3v) is 3.69. The summed E-state index contributed by atoms with van der Waals surface area (Å²) < 4.78 is 13.3. The van der Waals surface area contributed by atoms with Gasteiger partial charge in [0.2, 0.25) is 5.91 Å². The molecule has 1 saturated heterocycles. The normalized spacial score (nSPS) is 19.5. The van der Waals surface area contributed by atoms with E-state index in [1.165, 1.54) is 23.5 Å².